The highest BCUT2D eigenvalue weighted by Gasteiger charge is 2.15. The fraction of sp³-hybridized carbons (Fsp3) is 0.200. The molecule has 0 aliphatic rings. The smallest absolute Gasteiger partial charge is 0.335 e. The van der Waals surface area contributed by atoms with Crippen molar-refractivity contribution in [3.05, 3.63) is 101 Å². The number of imidazole rings is 1. The fourth-order valence-corrected chi connectivity index (χ4v) is 3.72. The van der Waals surface area contributed by atoms with Gasteiger partial charge in [0.05, 0.1) is 16.6 Å². The summed E-state index contributed by atoms with van der Waals surface area (Å²) in [7, 11) is 0. The van der Waals surface area contributed by atoms with Crippen LogP contribution >= 0.6 is 0 Å². The molecule has 4 rings (SSSR count). The van der Waals surface area contributed by atoms with Crippen molar-refractivity contribution in [2.75, 3.05) is 0 Å². The number of aliphatic hydroxyl groups is 1. The minimum atomic E-state index is -0.925. The van der Waals surface area contributed by atoms with Crippen LogP contribution in [-0.2, 0) is 13.0 Å². The van der Waals surface area contributed by atoms with Crippen molar-refractivity contribution in [2.24, 2.45) is 0 Å². The minimum Gasteiger partial charge on any atom is -0.478 e. The van der Waals surface area contributed by atoms with Crippen LogP contribution in [0.5, 0.6) is 0 Å². The first-order valence-electron chi connectivity index (χ1n) is 10.1. The van der Waals surface area contributed by atoms with E-state index in [0.29, 0.717) is 6.54 Å². The number of carbonyl (C=O) groups is 1. The highest BCUT2D eigenvalue weighted by molar-refractivity contribution is 5.87. The SMILES string of the molecule is CCCc1nc2cc(C(O)c3ccccc3)ccc2n1Cc1ccc(C(=O)O)cc1. The summed E-state index contributed by atoms with van der Waals surface area (Å²) in [5.74, 6) is 0.0620. The van der Waals surface area contributed by atoms with Gasteiger partial charge in [0.1, 0.15) is 11.9 Å². The number of aromatic carboxylic acids is 1. The van der Waals surface area contributed by atoms with E-state index in [1.807, 2.05) is 60.7 Å². The quantitative estimate of drug-likeness (QED) is 0.466. The number of aromatic nitrogens is 2. The summed E-state index contributed by atoms with van der Waals surface area (Å²) in [6.45, 7) is 2.74. The molecule has 0 saturated heterocycles. The molecule has 0 fully saturated rings. The van der Waals surface area contributed by atoms with E-state index in [1.165, 1.54) is 0 Å². The molecule has 0 aliphatic carbocycles. The van der Waals surface area contributed by atoms with Crippen molar-refractivity contribution in [3.8, 4) is 0 Å². The van der Waals surface area contributed by atoms with Gasteiger partial charge in [-0.15, -0.1) is 0 Å². The molecule has 1 aromatic heterocycles. The number of hydrogen-bond acceptors (Lipinski definition) is 3. The lowest BCUT2D eigenvalue weighted by Crippen LogP contribution is -2.06. The summed E-state index contributed by atoms with van der Waals surface area (Å²) >= 11 is 0. The Labute approximate surface area is 175 Å². The maximum absolute atomic E-state index is 11.1. The van der Waals surface area contributed by atoms with Gasteiger partial charge in [-0.05, 0) is 47.4 Å². The van der Waals surface area contributed by atoms with Crippen molar-refractivity contribution >= 4 is 17.0 Å². The zero-order valence-corrected chi connectivity index (χ0v) is 16.8. The van der Waals surface area contributed by atoms with Gasteiger partial charge in [0, 0.05) is 13.0 Å². The molecule has 1 unspecified atom stereocenters. The van der Waals surface area contributed by atoms with Crippen molar-refractivity contribution in [1.82, 2.24) is 9.55 Å². The number of hydrogen-bond donors (Lipinski definition) is 2. The molecule has 2 N–H and O–H groups in total. The van der Waals surface area contributed by atoms with Crippen LogP contribution < -0.4 is 0 Å². The molecule has 0 spiro atoms. The van der Waals surface area contributed by atoms with E-state index in [1.54, 1.807) is 12.1 Å². The average Bonchev–Trinajstić information content (AvgIpc) is 3.10. The van der Waals surface area contributed by atoms with Crippen molar-refractivity contribution in [2.45, 2.75) is 32.4 Å². The molecule has 0 radical (unpaired) electrons. The van der Waals surface area contributed by atoms with Gasteiger partial charge in [-0.25, -0.2) is 9.78 Å². The number of benzene rings is 3. The Morgan fingerprint density at radius 3 is 2.40 bits per heavy atom. The average molecular weight is 400 g/mol. The summed E-state index contributed by atoms with van der Waals surface area (Å²) in [5.41, 5.74) is 4.82. The van der Waals surface area contributed by atoms with Gasteiger partial charge < -0.3 is 14.8 Å². The van der Waals surface area contributed by atoms with E-state index in [-0.39, 0.29) is 5.56 Å². The third-order valence-electron chi connectivity index (χ3n) is 5.30. The molecule has 0 saturated carbocycles. The Kier molecular flexibility index (Phi) is 5.63. The first-order valence-corrected chi connectivity index (χ1v) is 10.1. The first-order chi connectivity index (χ1) is 14.6. The summed E-state index contributed by atoms with van der Waals surface area (Å²) in [5, 5.41) is 19.9. The number of rotatable bonds is 7. The number of carboxylic acids is 1. The second-order valence-electron chi connectivity index (χ2n) is 7.43. The van der Waals surface area contributed by atoms with Gasteiger partial charge in [0.15, 0.2) is 0 Å². The summed E-state index contributed by atoms with van der Waals surface area (Å²) in [6, 6.07) is 22.5. The Balaban J connectivity index is 1.70. The van der Waals surface area contributed by atoms with Crippen molar-refractivity contribution in [1.29, 1.82) is 0 Å². The molecular weight excluding hydrogens is 376 g/mol. The standard InChI is InChI=1S/C25H24N2O3/c1-2-6-23-26-21-15-20(24(28)18-7-4-3-5-8-18)13-14-22(21)27(23)16-17-9-11-19(12-10-17)25(29)30/h3-5,7-15,24,28H,2,6,16H2,1H3,(H,29,30). The van der Waals surface area contributed by atoms with Crippen LogP contribution in [0.3, 0.4) is 0 Å². The number of aliphatic hydroxyl groups excluding tert-OH is 1. The fourth-order valence-electron chi connectivity index (χ4n) is 3.72. The van der Waals surface area contributed by atoms with Crippen LogP contribution in [0.25, 0.3) is 11.0 Å². The van der Waals surface area contributed by atoms with Crippen LogP contribution in [0, 0.1) is 0 Å². The lowest BCUT2D eigenvalue weighted by molar-refractivity contribution is 0.0697. The number of nitrogens with zero attached hydrogens (tertiary/aromatic N) is 2. The lowest BCUT2D eigenvalue weighted by Gasteiger charge is -2.12. The molecule has 0 bridgehead atoms. The molecule has 0 amide bonds. The van der Waals surface area contributed by atoms with E-state index in [9.17, 15) is 9.90 Å². The molecule has 1 atom stereocenters. The highest BCUT2D eigenvalue weighted by Crippen LogP contribution is 2.27. The predicted octanol–water partition coefficient (Wildman–Crippen LogP) is 4.82. The summed E-state index contributed by atoms with van der Waals surface area (Å²) in [6.07, 6.45) is 1.12. The van der Waals surface area contributed by atoms with Crippen LogP contribution in [0.1, 0.15) is 52.3 Å². The van der Waals surface area contributed by atoms with Gasteiger partial charge in [-0.1, -0.05) is 55.5 Å². The molecule has 152 valence electrons. The maximum atomic E-state index is 11.1. The molecule has 30 heavy (non-hydrogen) atoms. The highest BCUT2D eigenvalue weighted by atomic mass is 16.4. The Morgan fingerprint density at radius 2 is 1.73 bits per heavy atom. The molecule has 4 aromatic rings. The first kappa shape index (κ1) is 19.9. The Hall–Kier alpha value is -3.44. The third kappa shape index (κ3) is 3.98. The van der Waals surface area contributed by atoms with E-state index in [0.717, 1.165) is 46.4 Å². The Bertz CT molecular complexity index is 1160. The van der Waals surface area contributed by atoms with Gasteiger partial charge in [-0.3, -0.25) is 0 Å². The second-order valence-corrected chi connectivity index (χ2v) is 7.43. The molecule has 1 heterocycles. The van der Waals surface area contributed by atoms with Gasteiger partial charge in [-0.2, -0.15) is 0 Å². The van der Waals surface area contributed by atoms with E-state index < -0.39 is 12.1 Å². The number of carboxylic acid groups (broad SMARTS) is 1. The minimum absolute atomic E-state index is 0.280. The normalized spacial score (nSPS) is 12.2. The van der Waals surface area contributed by atoms with E-state index >= 15 is 0 Å². The van der Waals surface area contributed by atoms with Gasteiger partial charge in [0.2, 0.25) is 0 Å². The predicted molar refractivity (Wildman–Crippen MR) is 117 cm³/mol. The summed E-state index contributed by atoms with van der Waals surface area (Å²) in [4.78, 5) is 15.9. The topological polar surface area (TPSA) is 75.4 Å². The number of fused-ring (bicyclic) bond motifs is 1. The van der Waals surface area contributed by atoms with Crippen molar-refractivity contribution < 1.29 is 15.0 Å². The van der Waals surface area contributed by atoms with Crippen LogP contribution in [0.15, 0.2) is 72.8 Å². The van der Waals surface area contributed by atoms with Crippen LogP contribution in [-0.4, -0.2) is 25.7 Å². The van der Waals surface area contributed by atoms with Gasteiger partial charge >= 0.3 is 5.97 Å². The Morgan fingerprint density at radius 1 is 1.00 bits per heavy atom. The lowest BCUT2D eigenvalue weighted by atomic mass is 10.0. The molecule has 3 aromatic carbocycles. The molecular formula is C25H24N2O3. The van der Waals surface area contributed by atoms with Gasteiger partial charge in [0.25, 0.3) is 0 Å². The third-order valence-corrected chi connectivity index (χ3v) is 5.30. The molecule has 5 nitrogen and oxygen atoms in total. The second kappa shape index (κ2) is 8.51. The van der Waals surface area contributed by atoms with Crippen LogP contribution in [0.2, 0.25) is 0 Å². The molecule has 5 heteroatoms. The van der Waals surface area contributed by atoms with Crippen molar-refractivity contribution in [3.63, 3.8) is 0 Å². The largest absolute Gasteiger partial charge is 0.478 e. The van der Waals surface area contributed by atoms with E-state index in [4.69, 9.17) is 10.1 Å². The number of aryl methyl sites for hydroxylation is 1. The molecule has 0 aliphatic heterocycles. The summed E-state index contributed by atoms with van der Waals surface area (Å²) < 4.78 is 2.17. The monoisotopic (exact) mass is 400 g/mol. The van der Waals surface area contributed by atoms with Crippen LogP contribution in [0.4, 0.5) is 0 Å². The maximum Gasteiger partial charge on any atom is 0.335 e. The zero-order valence-electron chi connectivity index (χ0n) is 16.8. The van der Waals surface area contributed by atoms with E-state index in [2.05, 4.69) is 11.5 Å². The zero-order chi connectivity index (χ0) is 21.1.